The van der Waals surface area contributed by atoms with Crippen molar-refractivity contribution in [2.45, 2.75) is 52.0 Å². The van der Waals surface area contributed by atoms with Gasteiger partial charge in [-0.05, 0) is 27.2 Å². The summed E-state index contributed by atoms with van der Waals surface area (Å²) in [6.45, 7) is 5.50. The lowest BCUT2D eigenvalue weighted by atomic mass is 10.1. The van der Waals surface area contributed by atoms with Gasteiger partial charge in [-0.1, -0.05) is 6.92 Å². The first-order chi connectivity index (χ1) is 5.20. The van der Waals surface area contributed by atoms with Crippen molar-refractivity contribution in [2.24, 2.45) is 0 Å². The van der Waals surface area contributed by atoms with E-state index in [1.54, 1.807) is 13.8 Å². The largest absolute Gasteiger partial charge is 0.416 e. The van der Waals surface area contributed by atoms with E-state index >= 15 is 0 Å². The molecule has 0 aromatic rings. The lowest BCUT2D eigenvalue weighted by Crippen LogP contribution is -2.43. The Hall–Kier alpha value is -0.250. The van der Waals surface area contributed by atoms with Crippen LogP contribution < -0.4 is 0 Å². The SMILES string of the molecule is CCC(C)OC(C)(C)C(F)(F)F. The Morgan fingerprint density at radius 1 is 1.25 bits per heavy atom. The minimum Gasteiger partial charge on any atom is -0.363 e. The van der Waals surface area contributed by atoms with Crippen LogP contribution in [0.4, 0.5) is 13.2 Å². The third-order valence-electron chi connectivity index (χ3n) is 1.75. The van der Waals surface area contributed by atoms with Gasteiger partial charge in [-0.25, -0.2) is 0 Å². The van der Waals surface area contributed by atoms with Gasteiger partial charge in [0.2, 0.25) is 0 Å². The molecule has 0 bridgehead atoms. The normalized spacial score (nSPS) is 16.2. The summed E-state index contributed by atoms with van der Waals surface area (Å²) in [7, 11) is 0. The average Bonchev–Trinajstić information content (AvgIpc) is 1.84. The molecule has 1 nitrogen and oxygen atoms in total. The van der Waals surface area contributed by atoms with Crippen LogP contribution in [0.1, 0.15) is 34.1 Å². The van der Waals surface area contributed by atoms with Crippen LogP contribution in [0.25, 0.3) is 0 Å². The number of ether oxygens (including phenoxy) is 1. The van der Waals surface area contributed by atoms with Crippen LogP contribution in [0.3, 0.4) is 0 Å². The molecule has 0 radical (unpaired) electrons. The lowest BCUT2D eigenvalue weighted by molar-refractivity contribution is -0.275. The molecule has 0 aromatic carbocycles. The number of hydrogen-bond acceptors (Lipinski definition) is 1. The van der Waals surface area contributed by atoms with Gasteiger partial charge in [0.05, 0.1) is 6.10 Å². The molecule has 0 amide bonds. The average molecular weight is 184 g/mol. The summed E-state index contributed by atoms with van der Waals surface area (Å²) >= 11 is 0. The standard InChI is InChI=1S/C8H15F3O/c1-5-6(2)12-7(3,4)8(9,10)11/h6H,5H2,1-4H3. The molecule has 0 N–H and O–H groups in total. The molecular formula is C8H15F3O. The molecule has 0 heterocycles. The third-order valence-corrected chi connectivity index (χ3v) is 1.75. The van der Waals surface area contributed by atoms with Crippen molar-refractivity contribution < 1.29 is 17.9 Å². The van der Waals surface area contributed by atoms with Crippen LogP contribution in [0.5, 0.6) is 0 Å². The maximum absolute atomic E-state index is 12.2. The summed E-state index contributed by atoms with van der Waals surface area (Å²) < 4.78 is 41.4. The van der Waals surface area contributed by atoms with Crippen molar-refractivity contribution in [1.29, 1.82) is 0 Å². The molecule has 4 heteroatoms. The van der Waals surface area contributed by atoms with Gasteiger partial charge in [0.1, 0.15) is 0 Å². The quantitative estimate of drug-likeness (QED) is 0.654. The molecule has 0 aliphatic rings. The second kappa shape index (κ2) is 3.64. The summed E-state index contributed by atoms with van der Waals surface area (Å²) in [6.07, 6.45) is -4.07. The van der Waals surface area contributed by atoms with Crippen LogP contribution in [-0.4, -0.2) is 17.9 Å². The zero-order valence-corrected chi connectivity index (χ0v) is 7.83. The van der Waals surface area contributed by atoms with Crippen LogP contribution in [0, 0.1) is 0 Å². The molecule has 12 heavy (non-hydrogen) atoms. The van der Waals surface area contributed by atoms with Gasteiger partial charge < -0.3 is 4.74 Å². The molecule has 1 atom stereocenters. The van der Waals surface area contributed by atoms with Crippen molar-refractivity contribution in [1.82, 2.24) is 0 Å². The molecule has 74 valence electrons. The second-order valence-corrected chi connectivity index (χ2v) is 3.34. The van der Waals surface area contributed by atoms with Gasteiger partial charge in [0.25, 0.3) is 0 Å². The first-order valence-electron chi connectivity index (χ1n) is 3.95. The van der Waals surface area contributed by atoms with E-state index in [2.05, 4.69) is 0 Å². The predicted octanol–water partition coefficient (Wildman–Crippen LogP) is 3.14. The van der Waals surface area contributed by atoms with E-state index in [0.29, 0.717) is 6.42 Å². The summed E-state index contributed by atoms with van der Waals surface area (Å²) in [5.41, 5.74) is -2.04. The molecule has 0 fully saturated rings. The highest BCUT2D eigenvalue weighted by Crippen LogP contribution is 2.33. The smallest absolute Gasteiger partial charge is 0.363 e. The minimum absolute atomic E-state index is 0.360. The summed E-state index contributed by atoms with van der Waals surface area (Å²) in [5, 5.41) is 0. The Labute approximate surface area is 70.9 Å². The summed E-state index contributed by atoms with van der Waals surface area (Å²) in [6, 6.07) is 0. The fraction of sp³-hybridized carbons (Fsp3) is 1.00. The van der Waals surface area contributed by atoms with E-state index in [4.69, 9.17) is 4.74 Å². The fourth-order valence-corrected chi connectivity index (χ4v) is 0.653. The minimum atomic E-state index is -4.30. The van der Waals surface area contributed by atoms with Gasteiger partial charge in [-0.2, -0.15) is 13.2 Å². The van der Waals surface area contributed by atoms with Crippen molar-refractivity contribution >= 4 is 0 Å². The third kappa shape index (κ3) is 3.01. The zero-order valence-electron chi connectivity index (χ0n) is 7.83. The van der Waals surface area contributed by atoms with Crippen molar-refractivity contribution in [3.63, 3.8) is 0 Å². The Morgan fingerprint density at radius 2 is 1.67 bits per heavy atom. The molecule has 0 aromatic heterocycles. The van der Waals surface area contributed by atoms with Gasteiger partial charge >= 0.3 is 6.18 Å². The van der Waals surface area contributed by atoms with Gasteiger partial charge in [-0.3, -0.25) is 0 Å². The maximum Gasteiger partial charge on any atom is 0.416 e. The molecule has 0 rings (SSSR count). The van der Waals surface area contributed by atoms with E-state index in [-0.39, 0.29) is 6.10 Å². The topological polar surface area (TPSA) is 9.23 Å². The van der Waals surface area contributed by atoms with Gasteiger partial charge in [0, 0.05) is 0 Å². The highest BCUT2D eigenvalue weighted by molar-refractivity contribution is 4.79. The summed E-state index contributed by atoms with van der Waals surface area (Å²) in [4.78, 5) is 0. The number of alkyl halides is 3. The first kappa shape index (κ1) is 11.8. The van der Waals surface area contributed by atoms with E-state index < -0.39 is 11.8 Å². The Bertz CT molecular complexity index is 140. The molecule has 1 unspecified atom stereocenters. The predicted molar refractivity (Wildman–Crippen MR) is 41.0 cm³/mol. The van der Waals surface area contributed by atoms with E-state index in [1.165, 1.54) is 0 Å². The lowest BCUT2D eigenvalue weighted by Gasteiger charge is -2.30. The zero-order chi connectivity index (χ0) is 9.99. The monoisotopic (exact) mass is 184 g/mol. The van der Waals surface area contributed by atoms with E-state index in [0.717, 1.165) is 13.8 Å². The number of rotatable bonds is 3. The Balaban J connectivity index is 4.22. The van der Waals surface area contributed by atoms with Crippen molar-refractivity contribution in [2.75, 3.05) is 0 Å². The summed E-state index contributed by atoms with van der Waals surface area (Å²) in [5.74, 6) is 0. The van der Waals surface area contributed by atoms with E-state index in [1.807, 2.05) is 0 Å². The van der Waals surface area contributed by atoms with Crippen LogP contribution in [0.2, 0.25) is 0 Å². The molecule has 0 spiro atoms. The van der Waals surface area contributed by atoms with Crippen LogP contribution in [-0.2, 0) is 4.74 Å². The second-order valence-electron chi connectivity index (χ2n) is 3.34. The number of hydrogen-bond donors (Lipinski definition) is 0. The number of halogens is 3. The molecule has 0 saturated heterocycles. The Morgan fingerprint density at radius 3 is 1.92 bits per heavy atom. The van der Waals surface area contributed by atoms with Gasteiger partial charge in [-0.15, -0.1) is 0 Å². The maximum atomic E-state index is 12.2. The molecule has 0 aliphatic heterocycles. The Kier molecular flexibility index (Phi) is 3.57. The molecular weight excluding hydrogens is 169 g/mol. The first-order valence-corrected chi connectivity index (χ1v) is 3.95. The van der Waals surface area contributed by atoms with Crippen molar-refractivity contribution in [3.8, 4) is 0 Å². The molecule has 0 saturated carbocycles. The molecule has 0 aliphatic carbocycles. The van der Waals surface area contributed by atoms with Gasteiger partial charge in [0.15, 0.2) is 5.60 Å². The van der Waals surface area contributed by atoms with Crippen molar-refractivity contribution in [3.05, 3.63) is 0 Å². The fourth-order valence-electron chi connectivity index (χ4n) is 0.653. The highest BCUT2D eigenvalue weighted by Gasteiger charge is 2.49. The van der Waals surface area contributed by atoms with Crippen LogP contribution >= 0.6 is 0 Å². The van der Waals surface area contributed by atoms with Crippen LogP contribution in [0.15, 0.2) is 0 Å². The van der Waals surface area contributed by atoms with E-state index in [9.17, 15) is 13.2 Å². The highest BCUT2D eigenvalue weighted by atomic mass is 19.4.